The van der Waals surface area contributed by atoms with Crippen LogP contribution in [-0.4, -0.2) is 58.8 Å². The summed E-state index contributed by atoms with van der Waals surface area (Å²) in [6.45, 7) is 7.74. The van der Waals surface area contributed by atoms with E-state index in [0.717, 1.165) is 27.8 Å². The third-order valence-corrected chi connectivity index (χ3v) is 8.32. The van der Waals surface area contributed by atoms with Gasteiger partial charge in [-0.05, 0) is 43.1 Å². The van der Waals surface area contributed by atoms with Crippen molar-refractivity contribution in [1.29, 1.82) is 0 Å². The summed E-state index contributed by atoms with van der Waals surface area (Å²) >= 11 is 0. The van der Waals surface area contributed by atoms with Crippen LogP contribution in [-0.2, 0) is 37.0 Å². The molecule has 1 amide bonds. The Hall–Kier alpha value is -3.60. The van der Waals surface area contributed by atoms with E-state index in [9.17, 15) is 19.8 Å². The molecule has 1 fully saturated rings. The zero-order chi connectivity index (χ0) is 31.8. The van der Waals surface area contributed by atoms with Gasteiger partial charge >= 0.3 is 5.97 Å². The molecule has 0 radical (unpaired) electrons. The number of esters is 1. The van der Waals surface area contributed by atoms with Gasteiger partial charge in [-0.3, -0.25) is 14.5 Å². The molecule has 0 saturated carbocycles. The summed E-state index contributed by atoms with van der Waals surface area (Å²) in [6.07, 6.45) is -2.65. The van der Waals surface area contributed by atoms with Crippen LogP contribution in [0.3, 0.4) is 0 Å². The summed E-state index contributed by atoms with van der Waals surface area (Å²) in [5, 5.41) is 23.4. The van der Waals surface area contributed by atoms with Crippen molar-refractivity contribution in [2.75, 3.05) is 13.6 Å². The van der Waals surface area contributed by atoms with Crippen LogP contribution in [0.25, 0.3) is 0 Å². The lowest BCUT2D eigenvalue weighted by Gasteiger charge is -2.43. The van der Waals surface area contributed by atoms with Crippen molar-refractivity contribution in [3.05, 3.63) is 107 Å². The maximum absolute atomic E-state index is 12.2. The topological polar surface area (TPSA) is 118 Å². The molecule has 0 aromatic heterocycles. The Morgan fingerprint density at radius 2 is 1.55 bits per heavy atom. The van der Waals surface area contributed by atoms with Crippen LogP contribution in [0.4, 0.5) is 0 Å². The van der Waals surface area contributed by atoms with Crippen molar-refractivity contribution < 1.29 is 34.0 Å². The molecule has 1 heterocycles. The number of hydrogen-bond acceptors (Lipinski definition) is 8. The van der Waals surface area contributed by atoms with E-state index in [1.54, 1.807) is 0 Å². The average Bonchev–Trinajstić information content (AvgIpc) is 3.04. The van der Waals surface area contributed by atoms with Crippen LogP contribution in [0.15, 0.2) is 78.9 Å². The number of nitrogens with zero attached hydrogens (tertiary/aromatic N) is 1. The summed E-state index contributed by atoms with van der Waals surface area (Å²) in [7, 11) is 1.99. The first-order valence-corrected chi connectivity index (χ1v) is 15.0. The maximum atomic E-state index is 12.2. The van der Waals surface area contributed by atoms with Crippen LogP contribution in [0.1, 0.15) is 74.0 Å². The second-order valence-corrected chi connectivity index (χ2v) is 11.6. The lowest BCUT2D eigenvalue weighted by molar-refractivity contribution is -0.276. The van der Waals surface area contributed by atoms with E-state index in [4.69, 9.17) is 14.2 Å². The Labute approximate surface area is 259 Å². The van der Waals surface area contributed by atoms with E-state index in [-0.39, 0.29) is 43.2 Å². The van der Waals surface area contributed by atoms with Gasteiger partial charge < -0.3 is 29.7 Å². The molecule has 3 N–H and O–H groups in total. The largest absolute Gasteiger partial charge is 0.453 e. The molecule has 236 valence electrons. The standard InChI is InChI=1S/C35H44N2O7/c1-22-31(20-37(5)23(2)32(40)28-9-7-6-8-10-28)43-35(44-33(22)29-15-13-27(21-38)14-16-29)30-17-11-26(12-18-30)19-36-34(41)24(3)42-25(4)39/h6-18,22-24,31-33,35,38,40H,19-21H2,1-5H3,(H,36,41)/t22-,23+,24+,31+,32+,33+,35+/m1/s1. The summed E-state index contributed by atoms with van der Waals surface area (Å²) in [6, 6.07) is 24.9. The molecule has 3 aromatic carbocycles. The van der Waals surface area contributed by atoms with Crippen LogP contribution >= 0.6 is 0 Å². The highest BCUT2D eigenvalue weighted by molar-refractivity contribution is 5.82. The zero-order valence-electron chi connectivity index (χ0n) is 26.1. The zero-order valence-corrected chi connectivity index (χ0v) is 26.1. The molecular weight excluding hydrogens is 560 g/mol. The molecule has 7 atom stereocenters. The summed E-state index contributed by atoms with van der Waals surface area (Å²) in [4.78, 5) is 25.5. The van der Waals surface area contributed by atoms with E-state index in [2.05, 4.69) is 17.1 Å². The molecule has 9 heteroatoms. The Balaban J connectivity index is 1.50. The first-order valence-electron chi connectivity index (χ1n) is 15.0. The van der Waals surface area contributed by atoms with Crippen molar-refractivity contribution >= 4 is 11.9 Å². The number of hydrogen-bond donors (Lipinski definition) is 3. The van der Waals surface area contributed by atoms with Gasteiger partial charge in [0, 0.05) is 37.5 Å². The molecule has 0 unspecified atom stereocenters. The van der Waals surface area contributed by atoms with Gasteiger partial charge in [-0.2, -0.15) is 0 Å². The molecule has 1 aliphatic heterocycles. The monoisotopic (exact) mass is 604 g/mol. The summed E-state index contributed by atoms with van der Waals surface area (Å²) < 4.78 is 18.1. The van der Waals surface area contributed by atoms with Gasteiger partial charge in [0.25, 0.3) is 5.91 Å². The van der Waals surface area contributed by atoms with E-state index in [1.165, 1.54) is 13.8 Å². The Bertz CT molecular complexity index is 1350. The maximum Gasteiger partial charge on any atom is 0.303 e. The predicted molar refractivity (Wildman–Crippen MR) is 166 cm³/mol. The van der Waals surface area contributed by atoms with Crippen molar-refractivity contribution in [1.82, 2.24) is 10.2 Å². The normalized spacial score (nSPS) is 22.2. The number of likely N-dealkylation sites (N-methyl/N-ethyl adjacent to an activating group) is 1. The minimum Gasteiger partial charge on any atom is -0.453 e. The third kappa shape index (κ3) is 8.52. The summed E-state index contributed by atoms with van der Waals surface area (Å²) in [5.41, 5.74) is 4.40. The smallest absolute Gasteiger partial charge is 0.303 e. The van der Waals surface area contributed by atoms with Crippen LogP contribution in [0, 0.1) is 5.92 Å². The second kappa shape index (κ2) is 15.4. The summed E-state index contributed by atoms with van der Waals surface area (Å²) in [5.74, 6) is -0.887. The van der Waals surface area contributed by atoms with Crippen LogP contribution in [0.2, 0.25) is 0 Å². The van der Waals surface area contributed by atoms with E-state index < -0.39 is 24.5 Å². The van der Waals surface area contributed by atoms with Gasteiger partial charge in [-0.25, -0.2) is 0 Å². The number of carbonyl (C=O) groups is 2. The van der Waals surface area contributed by atoms with Gasteiger partial charge in [0.2, 0.25) is 0 Å². The van der Waals surface area contributed by atoms with Gasteiger partial charge in [-0.15, -0.1) is 0 Å². The molecule has 9 nitrogen and oxygen atoms in total. The molecule has 44 heavy (non-hydrogen) atoms. The first kappa shape index (κ1) is 33.3. The highest BCUT2D eigenvalue weighted by Gasteiger charge is 2.39. The van der Waals surface area contributed by atoms with Crippen molar-refractivity contribution in [3.8, 4) is 0 Å². The number of aliphatic hydroxyl groups excluding tert-OH is 2. The minimum absolute atomic E-state index is 0.0107. The predicted octanol–water partition coefficient (Wildman–Crippen LogP) is 4.59. The first-order chi connectivity index (χ1) is 21.1. The van der Waals surface area contributed by atoms with Gasteiger partial charge in [0.15, 0.2) is 12.4 Å². The quantitative estimate of drug-likeness (QED) is 0.257. The Morgan fingerprint density at radius 1 is 0.932 bits per heavy atom. The van der Waals surface area contributed by atoms with Crippen molar-refractivity contribution in [2.24, 2.45) is 5.92 Å². The number of rotatable bonds is 12. The van der Waals surface area contributed by atoms with E-state index in [0.29, 0.717) is 6.54 Å². The number of nitrogens with one attached hydrogen (secondary N) is 1. The lowest BCUT2D eigenvalue weighted by atomic mass is 9.89. The fourth-order valence-corrected chi connectivity index (χ4v) is 5.38. The van der Waals surface area contributed by atoms with Crippen molar-refractivity contribution in [3.63, 3.8) is 0 Å². The molecule has 1 aliphatic rings. The number of amides is 1. The number of benzene rings is 3. The van der Waals surface area contributed by atoms with Crippen LogP contribution in [0.5, 0.6) is 0 Å². The van der Waals surface area contributed by atoms with Gasteiger partial charge in [-0.1, -0.05) is 85.8 Å². The number of aliphatic hydroxyl groups is 2. The molecule has 0 bridgehead atoms. The molecule has 1 saturated heterocycles. The Kier molecular flexibility index (Phi) is 11.7. The molecular formula is C35H44N2O7. The number of carbonyl (C=O) groups excluding carboxylic acids is 2. The highest BCUT2D eigenvalue weighted by atomic mass is 16.7. The fourth-order valence-electron chi connectivity index (χ4n) is 5.38. The molecule has 3 aromatic rings. The SMILES string of the molecule is CC(=O)O[C@@H](C)C(=O)NCc1ccc([C@H]2O[C@@H](CN(C)[C@@H](C)[C@H](O)c3ccccc3)[C@@H](C)[C@@H](c3ccc(CO)cc3)O2)cc1. The average molecular weight is 605 g/mol. The van der Waals surface area contributed by atoms with Crippen molar-refractivity contribution in [2.45, 2.75) is 77.6 Å². The second-order valence-electron chi connectivity index (χ2n) is 11.6. The Morgan fingerprint density at radius 3 is 2.16 bits per heavy atom. The third-order valence-electron chi connectivity index (χ3n) is 8.32. The molecule has 4 rings (SSSR count). The van der Waals surface area contributed by atoms with E-state index in [1.807, 2.05) is 92.8 Å². The lowest BCUT2D eigenvalue weighted by Crippen LogP contribution is -2.46. The van der Waals surface area contributed by atoms with Gasteiger partial charge in [0.05, 0.1) is 24.9 Å². The minimum atomic E-state index is -0.868. The highest BCUT2D eigenvalue weighted by Crippen LogP contribution is 2.42. The molecule has 0 spiro atoms. The fraction of sp³-hybridized carbons (Fsp3) is 0.429. The van der Waals surface area contributed by atoms with Gasteiger partial charge in [0.1, 0.15) is 0 Å². The molecule has 0 aliphatic carbocycles. The van der Waals surface area contributed by atoms with E-state index >= 15 is 0 Å². The van der Waals surface area contributed by atoms with Crippen LogP contribution < -0.4 is 5.32 Å². The number of ether oxygens (including phenoxy) is 3.